The zero-order valence-corrected chi connectivity index (χ0v) is 27.0. The van der Waals surface area contributed by atoms with Gasteiger partial charge < -0.3 is 29.7 Å². The van der Waals surface area contributed by atoms with Crippen molar-refractivity contribution in [1.29, 1.82) is 0 Å². The first-order chi connectivity index (χ1) is 23.0. The molecule has 1 unspecified atom stereocenters. The van der Waals surface area contributed by atoms with E-state index in [1.54, 1.807) is 79.9 Å². The number of aliphatic hydroxyl groups is 2. The van der Waals surface area contributed by atoms with Gasteiger partial charge in [0.25, 0.3) is 0 Å². The van der Waals surface area contributed by atoms with Crippen LogP contribution >= 0.6 is 0 Å². The molecule has 4 aromatic carbocycles. The number of ether oxygens (including phenoxy) is 2. The second-order valence-electron chi connectivity index (χ2n) is 11.7. The summed E-state index contributed by atoms with van der Waals surface area (Å²) in [5, 5.41) is 29.4. The monoisotopic (exact) mass is 661 g/mol. The molecule has 3 N–H and O–H groups in total. The first-order valence-electron chi connectivity index (χ1n) is 15.8. The van der Waals surface area contributed by atoms with Crippen molar-refractivity contribution in [2.24, 2.45) is 5.92 Å². The Labute approximate surface area is 279 Å². The van der Waals surface area contributed by atoms with E-state index in [0.29, 0.717) is 40.4 Å². The molecule has 1 atom stereocenters. The van der Waals surface area contributed by atoms with Gasteiger partial charge in [0.2, 0.25) is 0 Å². The number of nitrogens with zero attached hydrogens (tertiary/aromatic N) is 1. The molecular formula is C38H41F2NO7. The summed E-state index contributed by atoms with van der Waals surface area (Å²) in [7, 11) is 1.55. The van der Waals surface area contributed by atoms with Gasteiger partial charge in [0.1, 0.15) is 17.2 Å². The Morgan fingerprint density at radius 2 is 1.44 bits per heavy atom. The van der Waals surface area contributed by atoms with Crippen LogP contribution in [0.2, 0.25) is 0 Å². The summed E-state index contributed by atoms with van der Waals surface area (Å²) < 4.78 is 38.5. The van der Waals surface area contributed by atoms with E-state index >= 15 is 0 Å². The lowest BCUT2D eigenvalue weighted by Crippen LogP contribution is -2.44. The summed E-state index contributed by atoms with van der Waals surface area (Å²) in [5.74, 6) is -0.941. The highest BCUT2D eigenvalue weighted by atomic mass is 19.1. The van der Waals surface area contributed by atoms with Crippen LogP contribution in [0.5, 0.6) is 11.5 Å². The summed E-state index contributed by atoms with van der Waals surface area (Å²) >= 11 is 0. The van der Waals surface area contributed by atoms with Crippen LogP contribution in [0, 0.1) is 17.6 Å². The number of hydrogen-bond donors (Lipinski definition) is 3. The zero-order valence-electron chi connectivity index (χ0n) is 27.0. The van der Waals surface area contributed by atoms with E-state index in [1.165, 1.54) is 31.2 Å². The number of halogens is 2. The van der Waals surface area contributed by atoms with Crippen LogP contribution in [0.4, 0.5) is 8.78 Å². The molecule has 0 spiro atoms. The van der Waals surface area contributed by atoms with Crippen molar-refractivity contribution in [3.63, 3.8) is 0 Å². The van der Waals surface area contributed by atoms with Crippen LogP contribution in [0.1, 0.15) is 59.3 Å². The van der Waals surface area contributed by atoms with Gasteiger partial charge in [0.05, 0.1) is 13.7 Å². The molecule has 0 aromatic heterocycles. The summed E-state index contributed by atoms with van der Waals surface area (Å²) in [6, 6.07) is 25.3. The molecule has 48 heavy (non-hydrogen) atoms. The number of piperidine rings is 1. The lowest BCUT2D eigenvalue weighted by molar-refractivity contribution is -0.146. The van der Waals surface area contributed by atoms with E-state index in [0.717, 1.165) is 38.9 Å². The Hall–Kier alpha value is -4.64. The van der Waals surface area contributed by atoms with E-state index in [1.807, 2.05) is 0 Å². The maximum Gasteiger partial charge on any atom is 0.337 e. The Morgan fingerprint density at radius 1 is 0.875 bits per heavy atom. The van der Waals surface area contributed by atoms with Crippen LogP contribution in [0.25, 0.3) is 0 Å². The maximum atomic E-state index is 13.6. The molecule has 8 nitrogen and oxygen atoms in total. The number of carboxylic acid groups (broad SMARTS) is 1. The third kappa shape index (κ3) is 9.25. The number of carbonyl (C=O) groups excluding carboxylic acids is 1. The highest BCUT2D eigenvalue weighted by Gasteiger charge is 2.41. The summed E-state index contributed by atoms with van der Waals surface area (Å²) in [4.78, 5) is 24.2. The molecular weight excluding hydrogens is 620 g/mol. The molecule has 1 fully saturated rings. The van der Waals surface area contributed by atoms with E-state index in [-0.39, 0.29) is 23.3 Å². The number of benzene rings is 4. The molecule has 1 aliphatic rings. The smallest absolute Gasteiger partial charge is 0.337 e. The lowest BCUT2D eigenvalue weighted by atomic mass is 9.72. The Morgan fingerprint density at radius 3 is 1.94 bits per heavy atom. The van der Waals surface area contributed by atoms with E-state index in [2.05, 4.69) is 4.90 Å². The molecule has 0 aliphatic carbocycles. The predicted octanol–water partition coefficient (Wildman–Crippen LogP) is 6.40. The van der Waals surface area contributed by atoms with Crippen molar-refractivity contribution in [3.8, 4) is 11.5 Å². The van der Waals surface area contributed by atoms with Gasteiger partial charge in [0.15, 0.2) is 23.4 Å². The molecule has 0 radical (unpaired) electrons. The standard InChI is InChI=1S/C30H33F2NO4.C8H8O3/c1-21(34)22-4-13-28(29(20-22)36-2)37-19-3-16-33-17-14-25(15-18-33)30(35,23-5-9-26(31)10-6-23)24-7-11-27(32)12-8-24;9-7(8(10)11)6-4-2-1-3-5-6/h4-13,20,25,35H,3,14-19H2,1-2H3;1-5,7,9H,(H,10,11). The topological polar surface area (TPSA) is 117 Å². The highest BCUT2D eigenvalue weighted by Crippen LogP contribution is 2.42. The van der Waals surface area contributed by atoms with Gasteiger partial charge >= 0.3 is 5.97 Å². The fourth-order valence-corrected chi connectivity index (χ4v) is 5.87. The molecule has 254 valence electrons. The maximum absolute atomic E-state index is 13.6. The summed E-state index contributed by atoms with van der Waals surface area (Å²) in [6.07, 6.45) is 0.887. The SMILES string of the molecule is COc1cc(C(C)=O)ccc1OCCCN1CCC(C(O)(c2ccc(F)cc2)c2ccc(F)cc2)CC1.O=C(O)C(O)c1ccccc1. The number of methoxy groups -OCH3 is 1. The van der Waals surface area contributed by atoms with Crippen LogP contribution in [0.3, 0.4) is 0 Å². The van der Waals surface area contributed by atoms with Crippen molar-refractivity contribution in [1.82, 2.24) is 4.90 Å². The molecule has 1 aliphatic heterocycles. The van der Waals surface area contributed by atoms with E-state index in [9.17, 15) is 23.5 Å². The van der Waals surface area contributed by atoms with Gasteiger partial charge in [-0.25, -0.2) is 13.6 Å². The fraction of sp³-hybridized carbons (Fsp3) is 0.316. The highest BCUT2D eigenvalue weighted by molar-refractivity contribution is 5.94. The molecule has 5 rings (SSSR count). The van der Waals surface area contributed by atoms with Crippen LogP contribution < -0.4 is 9.47 Å². The van der Waals surface area contributed by atoms with Crippen molar-refractivity contribution >= 4 is 11.8 Å². The second kappa shape index (κ2) is 17.0. The summed E-state index contributed by atoms with van der Waals surface area (Å²) in [5.41, 5.74) is 0.863. The van der Waals surface area contributed by atoms with Crippen LogP contribution in [0.15, 0.2) is 97.1 Å². The van der Waals surface area contributed by atoms with Gasteiger partial charge in [-0.2, -0.15) is 0 Å². The number of aliphatic carboxylic acids is 1. The number of carboxylic acids is 1. The second-order valence-corrected chi connectivity index (χ2v) is 11.7. The third-order valence-electron chi connectivity index (χ3n) is 8.54. The van der Waals surface area contributed by atoms with Gasteiger partial charge in [-0.05, 0) is 104 Å². The quantitative estimate of drug-likeness (QED) is 0.118. The average molecular weight is 662 g/mol. The van der Waals surface area contributed by atoms with E-state index in [4.69, 9.17) is 19.7 Å². The van der Waals surface area contributed by atoms with Crippen molar-refractivity contribution < 1.29 is 43.2 Å². The molecule has 1 heterocycles. The minimum atomic E-state index is -1.41. The Kier molecular flexibility index (Phi) is 12.8. The third-order valence-corrected chi connectivity index (χ3v) is 8.54. The normalized spacial score (nSPS) is 14.4. The van der Waals surface area contributed by atoms with Gasteiger partial charge in [0, 0.05) is 12.1 Å². The Balaban J connectivity index is 0.000000401. The molecule has 0 bridgehead atoms. The Bertz CT molecular complexity index is 1580. The largest absolute Gasteiger partial charge is 0.493 e. The number of rotatable bonds is 12. The van der Waals surface area contributed by atoms with Crippen molar-refractivity contribution in [3.05, 3.63) is 131 Å². The number of likely N-dealkylation sites (tertiary alicyclic amines) is 1. The first-order valence-corrected chi connectivity index (χ1v) is 15.8. The predicted molar refractivity (Wildman–Crippen MR) is 177 cm³/mol. The number of carbonyl (C=O) groups is 2. The van der Waals surface area contributed by atoms with Crippen molar-refractivity contribution in [2.75, 3.05) is 33.4 Å². The van der Waals surface area contributed by atoms with Crippen LogP contribution in [-0.2, 0) is 10.4 Å². The number of ketones is 1. The molecule has 10 heteroatoms. The van der Waals surface area contributed by atoms with Crippen molar-refractivity contribution in [2.45, 2.75) is 37.9 Å². The number of Topliss-reactive ketones (excluding diaryl/α,β-unsaturated/α-hetero) is 1. The summed E-state index contributed by atoms with van der Waals surface area (Å²) in [6.45, 7) is 4.45. The molecule has 4 aromatic rings. The minimum absolute atomic E-state index is 0.0287. The fourth-order valence-electron chi connectivity index (χ4n) is 5.87. The molecule has 0 amide bonds. The average Bonchev–Trinajstić information content (AvgIpc) is 3.11. The molecule has 1 saturated heterocycles. The lowest BCUT2D eigenvalue weighted by Gasteiger charge is -2.42. The zero-order chi connectivity index (χ0) is 34.7. The number of aliphatic hydroxyl groups excluding tert-OH is 1. The first kappa shape index (κ1) is 36.2. The van der Waals surface area contributed by atoms with Gasteiger partial charge in [-0.1, -0.05) is 54.6 Å². The van der Waals surface area contributed by atoms with Crippen LogP contribution in [-0.4, -0.2) is 65.3 Å². The minimum Gasteiger partial charge on any atom is -0.493 e. The molecule has 0 saturated carbocycles. The van der Waals surface area contributed by atoms with E-state index < -0.39 is 17.7 Å². The van der Waals surface area contributed by atoms with Gasteiger partial charge in [-0.3, -0.25) is 4.79 Å². The van der Waals surface area contributed by atoms with Gasteiger partial charge in [-0.15, -0.1) is 0 Å². The number of hydrogen-bond acceptors (Lipinski definition) is 7.